The summed E-state index contributed by atoms with van der Waals surface area (Å²) in [6.45, 7) is 2.84. The average molecular weight is 441 g/mol. The maximum atomic E-state index is 6.13. The number of nitrogens with two attached hydrogens (primary N) is 2. The van der Waals surface area contributed by atoms with E-state index >= 15 is 0 Å². The number of hydrogen-bond acceptors (Lipinski definition) is 4. The number of nitrogens with zero attached hydrogens (tertiary/aromatic N) is 2. The van der Waals surface area contributed by atoms with Crippen molar-refractivity contribution in [1.82, 2.24) is 0 Å². The Morgan fingerprint density at radius 1 is 1.07 bits per heavy atom. The minimum atomic E-state index is -0.101. The van der Waals surface area contributed by atoms with Gasteiger partial charge in [0.05, 0.1) is 17.3 Å². The Kier molecular flexibility index (Phi) is 6.49. The molecule has 0 aliphatic heterocycles. The van der Waals surface area contributed by atoms with Gasteiger partial charge in [0.1, 0.15) is 6.61 Å². The molecule has 0 aliphatic carbocycles. The van der Waals surface area contributed by atoms with Gasteiger partial charge >= 0.3 is 0 Å². The highest BCUT2D eigenvalue weighted by Gasteiger charge is 2.13. The summed E-state index contributed by atoms with van der Waals surface area (Å²) in [6.07, 6.45) is 1.54. The van der Waals surface area contributed by atoms with E-state index in [2.05, 4.69) is 50.4 Å². The lowest BCUT2D eigenvalue weighted by atomic mass is 10.1. The number of guanidine groups is 1. The first-order valence-corrected chi connectivity index (χ1v) is 9.55. The summed E-state index contributed by atoms with van der Waals surface area (Å²) in [4.78, 5) is 0. The topological polar surface area (TPSA) is 95.2 Å². The van der Waals surface area contributed by atoms with Gasteiger partial charge in [0.25, 0.3) is 0 Å². The molecule has 7 heteroatoms. The zero-order chi connectivity index (χ0) is 19.9. The van der Waals surface area contributed by atoms with Gasteiger partial charge in [-0.2, -0.15) is 5.10 Å². The Labute approximate surface area is 172 Å². The highest BCUT2D eigenvalue weighted by Crippen LogP contribution is 2.37. The smallest absolute Gasteiger partial charge is 0.211 e. The maximum Gasteiger partial charge on any atom is 0.211 e. The van der Waals surface area contributed by atoms with E-state index in [1.165, 1.54) is 10.8 Å². The fourth-order valence-corrected chi connectivity index (χ4v) is 3.37. The van der Waals surface area contributed by atoms with Crippen LogP contribution >= 0.6 is 15.9 Å². The third kappa shape index (κ3) is 4.80. The van der Waals surface area contributed by atoms with Gasteiger partial charge in [0.2, 0.25) is 5.96 Å². The van der Waals surface area contributed by atoms with Crippen LogP contribution in [0.25, 0.3) is 10.8 Å². The molecule has 0 aliphatic rings. The summed E-state index contributed by atoms with van der Waals surface area (Å²) in [5.41, 5.74) is 12.4. The summed E-state index contributed by atoms with van der Waals surface area (Å²) in [7, 11) is 0. The largest absolute Gasteiger partial charge is 0.490 e. The van der Waals surface area contributed by atoms with Gasteiger partial charge in [-0.25, -0.2) is 0 Å². The van der Waals surface area contributed by atoms with E-state index in [4.69, 9.17) is 20.9 Å². The number of ether oxygens (including phenoxy) is 2. The molecule has 3 rings (SSSR count). The minimum absolute atomic E-state index is 0.101. The van der Waals surface area contributed by atoms with E-state index in [1.54, 1.807) is 6.21 Å². The van der Waals surface area contributed by atoms with E-state index in [0.717, 1.165) is 15.6 Å². The number of halogens is 1. The highest BCUT2D eigenvalue weighted by atomic mass is 79.9. The minimum Gasteiger partial charge on any atom is -0.490 e. The molecule has 0 unspecified atom stereocenters. The van der Waals surface area contributed by atoms with Gasteiger partial charge in [-0.3, -0.25) is 0 Å². The summed E-state index contributed by atoms with van der Waals surface area (Å²) in [5.74, 6) is 1.15. The van der Waals surface area contributed by atoms with Crippen LogP contribution in [0.2, 0.25) is 0 Å². The van der Waals surface area contributed by atoms with Crippen molar-refractivity contribution in [1.29, 1.82) is 0 Å². The third-order valence-electron chi connectivity index (χ3n) is 3.96. The molecule has 3 aromatic carbocycles. The molecule has 0 radical (unpaired) electrons. The van der Waals surface area contributed by atoms with Crippen LogP contribution < -0.4 is 20.9 Å². The molecule has 0 heterocycles. The first kappa shape index (κ1) is 19.7. The maximum absolute atomic E-state index is 6.13. The van der Waals surface area contributed by atoms with Gasteiger partial charge in [0.15, 0.2) is 11.5 Å². The van der Waals surface area contributed by atoms with Crippen LogP contribution in [-0.4, -0.2) is 18.8 Å². The lowest BCUT2D eigenvalue weighted by Crippen LogP contribution is -2.21. The van der Waals surface area contributed by atoms with Crippen molar-refractivity contribution >= 4 is 38.9 Å². The molecule has 28 heavy (non-hydrogen) atoms. The monoisotopic (exact) mass is 440 g/mol. The molecule has 0 amide bonds. The fraction of sp³-hybridized carbons (Fsp3) is 0.143. The summed E-state index contributed by atoms with van der Waals surface area (Å²) >= 11 is 3.56. The second kappa shape index (κ2) is 9.23. The van der Waals surface area contributed by atoms with E-state index < -0.39 is 0 Å². The van der Waals surface area contributed by atoms with Crippen LogP contribution in [0.5, 0.6) is 11.5 Å². The molecule has 4 N–H and O–H groups in total. The molecule has 0 atom stereocenters. The lowest BCUT2D eigenvalue weighted by molar-refractivity contribution is 0.268. The number of benzene rings is 3. The summed E-state index contributed by atoms with van der Waals surface area (Å²) in [5, 5.41) is 9.79. The Bertz CT molecular complexity index is 1020. The summed E-state index contributed by atoms with van der Waals surface area (Å²) < 4.78 is 12.6. The van der Waals surface area contributed by atoms with Crippen molar-refractivity contribution in [2.24, 2.45) is 21.7 Å². The van der Waals surface area contributed by atoms with E-state index in [1.807, 2.05) is 37.3 Å². The molecular formula is C21H21BrN4O2. The second-order valence-corrected chi connectivity index (χ2v) is 6.81. The highest BCUT2D eigenvalue weighted by molar-refractivity contribution is 9.10. The third-order valence-corrected chi connectivity index (χ3v) is 4.55. The predicted molar refractivity (Wildman–Crippen MR) is 117 cm³/mol. The van der Waals surface area contributed by atoms with Crippen LogP contribution in [0, 0.1) is 0 Å². The van der Waals surface area contributed by atoms with Gasteiger partial charge in [0, 0.05) is 0 Å². The Hall–Kier alpha value is -3.06. The quantitative estimate of drug-likeness (QED) is 0.327. The molecule has 0 aromatic heterocycles. The van der Waals surface area contributed by atoms with E-state index in [9.17, 15) is 0 Å². The normalized spacial score (nSPS) is 10.9. The SMILES string of the molecule is CCOc1cc(/C=N\N=C(N)N)cc(Br)c1OCc1cccc2ccccc12. The van der Waals surface area contributed by atoms with Gasteiger partial charge in [-0.05, 0) is 56.9 Å². The van der Waals surface area contributed by atoms with Crippen LogP contribution in [-0.2, 0) is 6.61 Å². The standard InChI is InChI=1S/C21H21BrN4O2/c1-2-27-19-11-14(12-25-26-21(23)24)10-18(22)20(19)28-13-16-8-5-7-15-6-3-4-9-17(15)16/h3-12H,2,13H2,1H3,(H4,23,24,26)/b25-12-. The van der Waals surface area contributed by atoms with Gasteiger partial charge < -0.3 is 20.9 Å². The molecule has 0 saturated heterocycles. The van der Waals surface area contributed by atoms with Crippen LogP contribution in [0.1, 0.15) is 18.1 Å². The number of hydrogen-bond donors (Lipinski definition) is 2. The second-order valence-electron chi connectivity index (χ2n) is 5.96. The van der Waals surface area contributed by atoms with Gasteiger partial charge in [-0.15, -0.1) is 5.10 Å². The number of rotatable bonds is 7. The van der Waals surface area contributed by atoms with Crippen molar-refractivity contribution in [2.75, 3.05) is 6.61 Å². The predicted octanol–water partition coefficient (Wildman–Crippen LogP) is 4.19. The molecular weight excluding hydrogens is 420 g/mol. The Morgan fingerprint density at radius 2 is 1.86 bits per heavy atom. The molecule has 0 fully saturated rings. The first-order valence-electron chi connectivity index (χ1n) is 8.76. The first-order chi connectivity index (χ1) is 13.6. The van der Waals surface area contributed by atoms with Crippen LogP contribution in [0.15, 0.2) is 69.3 Å². The van der Waals surface area contributed by atoms with Gasteiger partial charge in [-0.1, -0.05) is 42.5 Å². The molecule has 0 spiro atoms. The molecule has 0 bridgehead atoms. The molecule has 3 aromatic rings. The fourth-order valence-electron chi connectivity index (χ4n) is 2.80. The van der Waals surface area contributed by atoms with Crippen LogP contribution in [0.3, 0.4) is 0 Å². The lowest BCUT2D eigenvalue weighted by Gasteiger charge is -2.15. The van der Waals surface area contributed by atoms with Crippen molar-refractivity contribution in [3.8, 4) is 11.5 Å². The van der Waals surface area contributed by atoms with E-state index in [-0.39, 0.29) is 5.96 Å². The van der Waals surface area contributed by atoms with Crippen molar-refractivity contribution in [3.05, 3.63) is 70.2 Å². The molecule has 0 saturated carbocycles. The average Bonchev–Trinajstić information content (AvgIpc) is 2.67. The van der Waals surface area contributed by atoms with Crippen LogP contribution in [0.4, 0.5) is 0 Å². The molecule has 144 valence electrons. The molecule has 6 nitrogen and oxygen atoms in total. The zero-order valence-electron chi connectivity index (χ0n) is 15.4. The zero-order valence-corrected chi connectivity index (χ0v) is 17.0. The Balaban J connectivity index is 1.88. The summed E-state index contributed by atoms with van der Waals surface area (Å²) in [6, 6.07) is 18.1. The van der Waals surface area contributed by atoms with E-state index in [0.29, 0.717) is 24.7 Å². The Morgan fingerprint density at radius 3 is 2.64 bits per heavy atom. The van der Waals surface area contributed by atoms with Crippen molar-refractivity contribution in [3.63, 3.8) is 0 Å². The van der Waals surface area contributed by atoms with Crippen molar-refractivity contribution in [2.45, 2.75) is 13.5 Å². The number of fused-ring (bicyclic) bond motifs is 1. The van der Waals surface area contributed by atoms with Crippen molar-refractivity contribution < 1.29 is 9.47 Å².